The number of anilines is 1. The largest absolute Gasteiger partial charge is 0.451 e. The summed E-state index contributed by atoms with van der Waals surface area (Å²) in [5.41, 5.74) is 6.75. The number of nitrogens with zero attached hydrogens (tertiary/aromatic N) is 4. The lowest BCUT2D eigenvalue weighted by atomic mass is 10.1. The third-order valence-electron chi connectivity index (χ3n) is 5.68. The predicted molar refractivity (Wildman–Crippen MR) is 109 cm³/mol. The van der Waals surface area contributed by atoms with E-state index in [1.165, 1.54) is 18.5 Å². The highest BCUT2D eigenvalue weighted by atomic mass is 19.2. The van der Waals surface area contributed by atoms with E-state index >= 15 is 4.39 Å². The first-order valence-electron chi connectivity index (χ1n) is 10.1. The summed E-state index contributed by atoms with van der Waals surface area (Å²) in [6, 6.07) is 3.44. The zero-order valence-electron chi connectivity index (χ0n) is 17.0. The van der Waals surface area contributed by atoms with E-state index in [1.54, 1.807) is 4.68 Å². The molecule has 1 aliphatic carbocycles. The zero-order chi connectivity index (χ0) is 23.3. The molecule has 0 saturated heterocycles. The molecular weight excluding hydrogens is 445 g/mol. The van der Waals surface area contributed by atoms with Gasteiger partial charge in [-0.15, -0.1) is 0 Å². The van der Waals surface area contributed by atoms with E-state index in [0.717, 1.165) is 31.7 Å². The number of hydrogen-bond acceptors (Lipinski definition) is 5. The summed E-state index contributed by atoms with van der Waals surface area (Å²) in [7, 11) is 0. The normalized spacial score (nSPS) is 14.3. The minimum Gasteiger partial charge on any atom is -0.451 e. The van der Waals surface area contributed by atoms with E-state index < -0.39 is 34.8 Å². The van der Waals surface area contributed by atoms with Crippen LogP contribution in [0.5, 0.6) is 11.5 Å². The third-order valence-corrected chi connectivity index (χ3v) is 5.68. The van der Waals surface area contributed by atoms with Gasteiger partial charge in [0.1, 0.15) is 29.4 Å². The fourth-order valence-electron chi connectivity index (χ4n) is 4.10. The molecule has 33 heavy (non-hydrogen) atoms. The van der Waals surface area contributed by atoms with Gasteiger partial charge in [0, 0.05) is 17.7 Å². The van der Waals surface area contributed by atoms with Crippen molar-refractivity contribution < 1.29 is 26.7 Å². The maximum absolute atomic E-state index is 15.1. The molecule has 1 saturated carbocycles. The molecule has 0 unspecified atom stereocenters. The maximum atomic E-state index is 15.1. The van der Waals surface area contributed by atoms with Crippen molar-refractivity contribution in [2.45, 2.75) is 31.7 Å². The minimum absolute atomic E-state index is 0.0250. The average molecular weight is 461 g/mol. The zero-order valence-corrected chi connectivity index (χ0v) is 17.0. The molecule has 0 aliphatic heterocycles. The quantitative estimate of drug-likeness (QED) is 0.313. The molecule has 4 aromatic rings. The molecule has 0 amide bonds. The fourth-order valence-corrected chi connectivity index (χ4v) is 4.10. The summed E-state index contributed by atoms with van der Waals surface area (Å²) in [6.45, 7) is 0. The van der Waals surface area contributed by atoms with Gasteiger partial charge in [0.15, 0.2) is 17.3 Å². The number of hydrogen-bond donors (Lipinski definition) is 1. The molecule has 11 heteroatoms. The second-order valence-electron chi connectivity index (χ2n) is 7.73. The maximum Gasteiger partial charge on any atom is 0.204 e. The van der Waals surface area contributed by atoms with E-state index in [1.807, 2.05) is 0 Å². The van der Waals surface area contributed by atoms with Gasteiger partial charge >= 0.3 is 0 Å². The molecule has 1 aliphatic rings. The average Bonchev–Trinajstić information content (AvgIpc) is 3.44. The van der Waals surface area contributed by atoms with Crippen LogP contribution in [0.1, 0.15) is 31.7 Å². The van der Waals surface area contributed by atoms with E-state index in [4.69, 9.17) is 10.5 Å². The van der Waals surface area contributed by atoms with Gasteiger partial charge in [-0.3, -0.25) is 0 Å². The number of fused-ring (bicyclic) bond motifs is 1. The smallest absolute Gasteiger partial charge is 0.204 e. The Morgan fingerprint density at radius 3 is 2.27 bits per heavy atom. The first-order chi connectivity index (χ1) is 15.8. The molecule has 2 aromatic heterocycles. The van der Waals surface area contributed by atoms with Crippen LogP contribution in [0.4, 0.5) is 27.8 Å². The highest BCUT2D eigenvalue weighted by molar-refractivity contribution is 5.98. The van der Waals surface area contributed by atoms with Gasteiger partial charge in [-0.2, -0.15) is 13.9 Å². The van der Waals surface area contributed by atoms with Gasteiger partial charge in [-0.25, -0.2) is 27.8 Å². The third kappa shape index (κ3) is 3.53. The van der Waals surface area contributed by atoms with Gasteiger partial charge in [0.2, 0.25) is 17.4 Å². The van der Waals surface area contributed by atoms with Gasteiger partial charge in [-0.1, -0.05) is 12.8 Å². The van der Waals surface area contributed by atoms with Crippen LogP contribution < -0.4 is 10.5 Å². The van der Waals surface area contributed by atoms with Crippen molar-refractivity contribution in [1.82, 2.24) is 19.7 Å². The van der Waals surface area contributed by atoms with Crippen LogP contribution in [0, 0.1) is 29.1 Å². The molecular formula is C22H16F5N5O. The second-order valence-corrected chi connectivity index (χ2v) is 7.73. The summed E-state index contributed by atoms with van der Waals surface area (Å²) in [4.78, 5) is 8.26. The first-order valence-corrected chi connectivity index (χ1v) is 10.1. The van der Waals surface area contributed by atoms with Crippen molar-refractivity contribution in [2.24, 2.45) is 0 Å². The molecule has 2 heterocycles. The van der Waals surface area contributed by atoms with E-state index in [2.05, 4.69) is 15.1 Å². The van der Waals surface area contributed by atoms with Crippen LogP contribution in [0.2, 0.25) is 0 Å². The number of nitrogen functional groups attached to an aromatic ring is 1. The standard InChI is InChI=1S/C22H16F5N5O/c23-13-7-11(33-20-17(26)14(24)8-15(25)18(20)27)5-6-12(13)19-16-21(28)29-9-30-22(16)32(31-19)10-3-1-2-4-10/h5-10H,1-4H2,(H2,28,29,30). The summed E-state index contributed by atoms with van der Waals surface area (Å²) in [5.74, 6) is -9.16. The van der Waals surface area contributed by atoms with Crippen LogP contribution in [0.15, 0.2) is 30.6 Å². The molecule has 2 N–H and O–H groups in total. The summed E-state index contributed by atoms with van der Waals surface area (Å²) in [5, 5.41) is 4.94. The van der Waals surface area contributed by atoms with E-state index in [9.17, 15) is 17.6 Å². The van der Waals surface area contributed by atoms with Crippen molar-refractivity contribution in [3.8, 4) is 22.8 Å². The number of ether oxygens (including phenoxy) is 1. The van der Waals surface area contributed by atoms with Crippen LogP contribution in [0.3, 0.4) is 0 Å². The van der Waals surface area contributed by atoms with Gasteiger partial charge in [0.05, 0.1) is 11.4 Å². The molecule has 0 atom stereocenters. The topological polar surface area (TPSA) is 78.8 Å². The molecule has 5 rings (SSSR count). The lowest BCUT2D eigenvalue weighted by Crippen LogP contribution is -2.07. The fraction of sp³-hybridized carbons (Fsp3) is 0.227. The van der Waals surface area contributed by atoms with Crippen LogP contribution in [-0.4, -0.2) is 19.7 Å². The Balaban J connectivity index is 1.58. The molecule has 2 aromatic carbocycles. The molecule has 0 spiro atoms. The number of halogens is 5. The Kier molecular flexibility index (Phi) is 5.10. The Bertz CT molecular complexity index is 1360. The van der Waals surface area contributed by atoms with Gasteiger partial charge in [-0.05, 0) is 25.0 Å². The number of nitrogens with two attached hydrogens (primary N) is 1. The van der Waals surface area contributed by atoms with E-state index in [0.29, 0.717) is 11.0 Å². The van der Waals surface area contributed by atoms with Crippen LogP contribution in [-0.2, 0) is 0 Å². The molecule has 6 nitrogen and oxygen atoms in total. The van der Waals surface area contributed by atoms with Crippen molar-refractivity contribution in [3.05, 3.63) is 59.7 Å². The van der Waals surface area contributed by atoms with Crippen LogP contribution >= 0.6 is 0 Å². The molecule has 0 radical (unpaired) electrons. The lowest BCUT2D eigenvalue weighted by molar-refractivity contribution is 0.365. The Hall–Kier alpha value is -3.76. The summed E-state index contributed by atoms with van der Waals surface area (Å²) >= 11 is 0. The lowest BCUT2D eigenvalue weighted by Gasteiger charge is -2.11. The molecule has 170 valence electrons. The second kappa shape index (κ2) is 7.98. The van der Waals surface area contributed by atoms with E-state index in [-0.39, 0.29) is 34.9 Å². The van der Waals surface area contributed by atoms with Crippen molar-refractivity contribution in [1.29, 1.82) is 0 Å². The minimum atomic E-state index is -1.73. The van der Waals surface area contributed by atoms with Gasteiger partial charge in [0.25, 0.3) is 0 Å². The van der Waals surface area contributed by atoms with Crippen LogP contribution in [0.25, 0.3) is 22.3 Å². The number of rotatable bonds is 4. The monoisotopic (exact) mass is 461 g/mol. The Morgan fingerprint density at radius 2 is 1.61 bits per heavy atom. The molecule has 0 bridgehead atoms. The SMILES string of the molecule is Nc1ncnc2c1c(-c1ccc(Oc3c(F)c(F)cc(F)c3F)cc1F)nn2C1CCCC1. The van der Waals surface area contributed by atoms with Crippen molar-refractivity contribution in [3.63, 3.8) is 0 Å². The molecule has 1 fully saturated rings. The van der Waals surface area contributed by atoms with Crippen molar-refractivity contribution in [2.75, 3.05) is 5.73 Å². The number of benzene rings is 2. The predicted octanol–water partition coefficient (Wildman–Crippen LogP) is 5.68. The highest BCUT2D eigenvalue weighted by Gasteiger charge is 2.26. The van der Waals surface area contributed by atoms with Crippen molar-refractivity contribution >= 4 is 16.9 Å². The first kappa shape index (κ1) is 21.1. The Morgan fingerprint density at radius 1 is 0.909 bits per heavy atom. The van der Waals surface area contributed by atoms with Gasteiger partial charge < -0.3 is 10.5 Å². The summed E-state index contributed by atoms with van der Waals surface area (Å²) < 4.78 is 76.4. The Labute approximate surface area is 183 Å². The highest BCUT2D eigenvalue weighted by Crippen LogP contribution is 2.38. The number of aromatic nitrogens is 4. The summed E-state index contributed by atoms with van der Waals surface area (Å²) in [6.07, 6.45) is 5.18.